The van der Waals surface area contributed by atoms with Crippen LogP contribution in [0.2, 0.25) is 0 Å². The number of aryl methyl sites for hydroxylation is 1. The molecule has 1 aromatic rings. The van der Waals surface area contributed by atoms with Crippen LogP contribution in [0, 0.1) is 11.8 Å². The Labute approximate surface area is 138 Å². The van der Waals surface area contributed by atoms with Crippen LogP contribution >= 0.6 is 15.9 Å². The number of unbranched alkanes of at least 4 members (excludes halogenated alkanes) is 1. The fourth-order valence-electron chi connectivity index (χ4n) is 3.83. The van der Waals surface area contributed by atoms with Crippen molar-refractivity contribution in [1.29, 1.82) is 0 Å². The van der Waals surface area contributed by atoms with Gasteiger partial charge >= 0.3 is 0 Å². The molecule has 0 aromatic carbocycles. The molecule has 120 valence electrons. The number of nitrogens with zero attached hydrogens (tertiary/aromatic N) is 2. The molecule has 0 saturated heterocycles. The van der Waals surface area contributed by atoms with Crippen LogP contribution in [-0.4, -0.2) is 16.8 Å². The van der Waals surface area contributed by atoms with Crippen molar-refractivity contribution in [2.24, 2.45) is 11.8 Å². The topological polar surface area (TPSA) is 29.9 Å². The average Bonchev–Trinajstić information content (AvgIpc) is 2.88. The Kier molecular flexibility index (Phi) is 6.74. The number of hydrogen-bond acceptors (Lipinski definition) is 2. The molecule has 1 aliphatic carbocycles. The summed E-state index contributed by atoms with van der Waals surface area (Å²) in [5.74, 6) is 1.71. The molecule has 1 fully saturated rings. The molecule has 0 spiro atoms. The van der Waals surface area contributed by atoms with Gasteiger partial charge < -0.3 is 5.32 Å². The first-order valence-corrected chi connectivity index (χ1v) is 9.38. The van der Waals surface area contributed by atoms with Crippen LogP contribution in [0.1, 0.15) is 70.5 Å². The molecule has 0 radical (unpaired) electrons. The first-order valence-electron chi connectivity index (χ1n) is 8.59. The van der Waals surface area contributed by atoms with Crippen molar-refractivity contribution >= 4 is 15.9 Å². The zero-order valence-corrected chi connectivity index (χ0v) is 15.3. The number of halogens is 1. The highest BCUT2D eigenvalue weighted by Crippen LogP contribution is 2.40. The van der Waals surface area contributed by atoms with E-state index in [9.17, 15) is 0 Å². The summed E-state index contributed by atoms with van der Waals surface area (Å²) in [4.78, 5) is 0. The van der Waals surface area contributed by atoms with Crippen molar-refractivity contribution < 1.29 is 0 Å². The molecule has 1 heterocycles. The number of rotatable bonds is 7. The third kappa shape index (κ3) is 4.10. The minimum atomic E-state index is 0.425. The maximum absolute atomic E-state index is 4.48. The van der Waals surface area contributed by atoms with Gasteiger partial charge in [0.2, 0.25) is 0 Å². The third-order valence-electron chi connectivity index (χ3n) is 5.07. The van der Waals surface area contributed by atoms with E-state index >= 15 is 0 Å². The van der Waals surface area contributed by atoms with Gasteiger partial charge in [0.15, 0.2) is 0 Å². The second-order valence-corrected chi connectivity index (χ2v) is 7.24. The highest BCUT2D eigenvalue weighted by molar-refractivity contribution is 9.10. The van der Waals surface area contributed by atoms with Crippen molar-refractivity contribution in [3.63, 3.8) is 0 Å². The lowest BCUT2D eigenvalue weighted by atomic mass is 9.76. The molecule has 3 nitrogen and oxygen atoms in total. The Bertz CT molecular complexity index is 422. The van der Waals surface area contributed by atoms with Crippen LogP contribution in [0.3, 0.4) is 0 Å². The van der Waals surface area contributed by atoms with E-state index in [1.165, 1.54) is 50.6 Å². The molecule has 0 bridgehead atoms. The van der Waals surface area contributed by atoms with E-state index in [1.54, 1.807) is 0 Å². The van der Waals surface area contributed by atoms with Gasteiger partial charge in [-0.2, -0.15) is 5.10 Å². The molecule has 1 saturated carbocycles. The van der Waals surface area contributed by atoms with Crippen LogP contribution in [-0.2, 0) is 6.54 Å². The largest absolute Gasteiger partial charge is 0.311 e. The maximum atomic E-state index is 4.48. The Morgan fingerprint density at radius 1 is 1.33 bits per heavy atom. The minimum Gasteiger partial charge on any atom is -0.311 e. The molecule has 1 unspecified atom stereocenters. The Hall–Kier alpha value is -0.350. The van der Waals surface area contributed by atoms with Crippen molar-refractivity contribution in [1.82, 2.24) is 15.1 Å². The zero-order chi connectivity index (χ0) is 15.2. The lowest BCUT2D eigenvalue weighted by molar-refractivity contribution is 0.212. The first-order chi connectivity index (χ1) is 10.2. The Morgan fingerprint density at radius 3 is 2.62 bits per heavy atom. The quantitative estimate of drug-likeness (QED) is 0.751. The fraction of sp³-hybridized carbons (Fsp3) is 0.824. The number of aromatic nitrogens is 2. The van der Waals surface area contributed by atoms with Crippen LogP contribution in [0.5, 0.6) is 0 Å². The van der Waals surface area contributed by atoms with Gasteiger partial charge in [-0.15, -0.1) is 0 Å². The summed E-state index contributed by atoms with van der Waals surface area (Å²) in [6.07, 6.45) is 11.6. The summed E-state index contributed by atoms with van der Waals surface area (Å²) >= 11 is 3.69. The van der Waals surface area contributed by atoms with Gasteiger partial charge in [0.1, 0.15) is 0 Å². The molecule has 2 rings (SSSR count). The smallest absolute Gasteiger partial charge is 0.0698 e. The highest BCUT2D eigenvalue weighted by Gasteiger charge is 2.30. The predicted octanol–water partition coefficient (Wildman–Crippen LogP) is 4.92. The standard InChI is InChI=1S/C17H30BrN3/c1-4-6-7-13-8-10-14(11-9-13)16(19-3)17-15(18)12-20-21(17)5-2/h12-14,16,19H,4-11H2,1-3H3. The molecule has 0 aliphatic heterocycles. The van der Waals surface area contributed by atoms with E-state index in [-0.39, 0.29) is 0 Å². The van der Waals surface area contributed by atoms with E-state index in [2.05, 4.69) is 51.9 Å². The van der Waals surface area contributed by atoms with E-state index in [1.807, 2.05) is 6.20 Å². The van der Waals surface area contributed by atoms with Crippen LogP contribution in [0.25, 0.3) is 0 Å². The number of nitrogens with one attached hydrogen (secondary N) is 1. The molecule has 4 heteroatoms. The van der Waals surface area contributed by atoms with Crippen LogP contribution in [0.15, 0.2) is 10.7 Å². The average molecular weight is 356 g/mol. The molecule has 1 atom stereocenters. The van der Waals surface area contributed by atoms with E-state index in [4.69, 9.17) is 0 Å². The van der Waals surface area contributed by atoms with Crippen LogP contribution in [0.4, 0.5) is 0 Å². The lowest BCUT2D eigenvalue weighted by Gasteiger charge is -2.34. The summed E-state index contributed by atoms with van der Waals surface area (Å²) in [5, 5.41) is 8.04. The van der Waals surface area contributed by atoms with E-state index in [0.29, 0.717) is 6.04 Å². The van der Waals surface area contributed by atoms with Crippen molar-refractivity contribution in [2.45, 2.75) is 71.4 Å². The predicted molar refractivity (Wildman–Crippen MR) is 92.4 cm³/mol. The first kappa shape index (κ1) is 17.0. The second-order valence-electron chi connectivity index (χ2n) is 6.38. The van der Waals surface area contributed by atoms with Gasteiger partial charge in [0, 0.05) is 6.54 Å². The van der Waals surface area contributed by atoms with Gasteiger partial charge in [0.05, 0.1) is 22.4 Å². The summed E-state index contributed by atoms with van der Waals surface area (Å²) in [5.41, 5.74) is 1.33. The molecule has 0 amide bonds. The normalized spacial score (nSPS) is 24.2. The molecule has 1 aliphatic rings. The number of hydrogen-bond donors (Lipinski definition) is 1. The summed E-state index contributed by atoms with van der Waals surface area (Å²) in [7, 11) is 2.09. The third-order valence-corrected chi connectivity index (χ3v) is 5.68. The minimum absolute atomic E-state index is 0.425. The molecular weight excluding hydrogens is 326 g/mol. The molecule has 21 heavy (non-hydrogen) atoms. The monoisotopic (exact) mass is 355 g/mol. The molecule has 1 N–H and O–H groups in total. The van der Waals surface area contributed by atoms with E-state index < -0.39 is 0 Å². The fourth-order valence-corrected chi connectivity index (χ4v) is 4.37. The second kappa shape index (κ2) is 8.33. The van der Waals surface area contributed by atoms with Gasteiger partial charge in [-0.3, -0.25) is 4.68 Å². The van der Waals surface area contributed by atoms with Crippen molar-refractivity contribution in [3.8, 4) is 0 Å². The van der Waals surface area contributed by atoms with Gasteiger partial charge in [-0.05, 0) is 54.6 Å². The lowest BCUT2D eigenvalue weighted by Crippen LogP contribution is -2.31. The van der Waals surface area contributed by atoms with Gasteiger partial charge in [0.25, 0.3) is 0 Å². The van der Waals surface area contributed by atoms with Crippen molar-refractivity contribution in [2.75, 3.05) is 7.05 Å². The molecule has 1 aromatic heterocycles. The summed E-state index contributed by atoms with van der Waals surface area (Å²) in [6, 6.07) is 0.425. The van der Waals surface area contributed by atoms with Crippen molar-refractivity contribution in [3.05, 3.63) is 16.4 Å². The highest BCUT2D eigenvalue weighted by atomic mass is 79.9. The van der Waals surface area contributed by atoms with Gasteiger partial charge in [-0.1, -0.05) is 39.0 Å². The Morgan fingerprint density at radius 2 is 2.05 bits per heavy atom. The van der Waals surface area contributed by atoms with Crippen LogP contribution < -0.4 is 5.32 Å². The Balaban J connectivity index is 2.01. The zero-order valence-electron chi connectivity index (χ0n) is 13.7. The SMILES string of the molecule is CCCCC1CCC(C(NC)c2c(Br)cnn2CC)CC1. The summed E-state index contributed by atoms with van der Waals surface area (Å²) in [6.45, 7) is 5.40. The van der Waals surface area contributed by atoms with Gasteiger partial charge in [-0.25, -0.2) is 0 Å². The summed E-state index contributed by atoms with van der Waals surface area (Å²) < 4.78 is 3.28. The maximum Gasteiger partial charge on any atom is 0.0698 e. The molecular formula is C17H30BrN3. The van der Waals surface area contributed by atoms with E-state index in [0.717, 1.165) is 22.9 Å².